The Morgan fingerprint density at radius 2 is 2.14 bits per heavy atom. The zero-order chi connectivity index (χ0) is 16.3. The van der Waals surface area contributed by atoms with Crippen molar-refractivity contribution in [3.8, 4) is 5.75 Å². The van der Waals surface area contributed by atoms with Gasteiger partial charge in [0.15, 0.2) is 0 Å². The lowest BCUT2D eigenvalue weighted by Crippen LogP contribution is -2.13. The number of benzene rings is 1. The zero-order valence-corrected chi connectivity index (χ0v) is 13.3. The lowest BCUT2D eigenvalue weighted by molar-refractivity contribution is -0.131. The van der Waals surface area contributed by atoms with Crippen LogP contribution in [-0.4, -0.2) is 17.2 Å². The van der Waals surface area contributed by atoms with Gasteiger partial charge < -0.3 is 9.84 Å². The Morgan fingerprint density at radius 3 is 2.73 bits per heavy atom. The Balaban J connectivity index is 2.40. The second-order valence-electron chi connectivity index (χ2n) is 5.98. The van der Waals surface area contributed by atoms with Gasteiger partial charge in [-0.05, 0) is 67.7 Å². The fourth-order valence-electron chi connectivity index (χ4n) is 2.47. The molecule has 0 saturated heterocycles. The van der Waals surface area contributed by atoms with Crippen molar-refractivity contribution in [3.63, 3.8) is 0 Å². The van der Waals surface area contributed by atoms with Crippen LogP contribution in [0.5, 0.6) is 5.75 Å². The SMILES string of the molecule is C=C(C)C1Cc2cc(/C=C/C(=O)O)cc(CC=C(C)C)c2O1. The topological polar surface area (TPSA) is 46.5 Å². The van der Waals surface area contributed by atoms with Gasteiger partial charge in [0.2, 0.25) is 0 Å². The van der Waals surface area contributed by atoms with E-state index in [-0.39, 0.29) is 6.10 Å². The predicted molar refractivity (Wildman–Crippen MR) is 89.2 cm³/mol. The quantitative estimate of drug-likeness (QED) is 0.655. The molecule has 0 bridgehead atoms. The highest BCUT2D eigenvalue weighted by Gasteiger charge is 2.26. The number of hydrogen-bond donors (Lipinski definition) is 1. The van der Waals surface area contributed by atoms with E-state index in [1.165, 1.54) is 11.6 Å². The molecule has 0 saturated carbocycles. The van der Waals surface area contributed by atoms with E-state index in [9.17, 15) is 4.79 Å². The Kier molecular flexibility index (Phi) is 4.86. The maximum atomic E-state index is 10.7. The van der Waals surface area contributed by atoms with Gasteiger partial charge in [-0.1, -0.05) is 18.2 Å². The monoisotopic (exact) mass is 298 g/mol. The minimum Gasteiger partial charge on any atom is -0.485 e. The van der Waals surface area contributed by atoms with Crippen molar-refractivity contribution < 1.29 is 14.6 Å². The van der Waals surface area contributed by atoms with E-state index < -0.39 is 5.97 Å². The molecule has 1 atom stereocenters. The Morgan fingerprint density at radius 1 is 1.41 bits per heavy atom. The Bertz CT molecular complexity index is 662. The number of carboxylic acids is 1. The first-order chi connectivity index (χ1) is 10.4. The normalized spacial score (nSPS) is 16.2. The van der Waals surface area contributed by atoms with Crippen LogP contribution in [-0.2, 0) is 17.6 Å². The number of fused-ring (bicyclic) bond motifs is 1. The van der Waals surface area contributed by atoms with Gasteiger partial charge in [-0.25, -0.2) is 4.79 Å². The highest BCUT2D eigenvalue weighted by atomic mass is 16.5. The summed E-state index contributed by atoms with van der Waals surface area (Å²) in [5, 5.41) is 8.80. The molecule has 0 fully saturated rings. The van der Waals surface area contributed by atoms with Crippen molar-refractivity contribution in [3.05, 3.63) is 58.7 Å². The molecule has 1 aliphatic rings. The van der Waals surface area contributed by atoms with Crippen molar-refractivity contribution in [1.29, 1.82) is 0 Å². The van der Waals surface area contributed by atoms with Crippen molar-refractivity contribution in [2.24, 2.45) is 0 Å². The lowest BCUT2D eigenvalue weighted by atomic mass is 9.98. The first-order valence-electron chi connectivity index (χ1n) is 7.39. The highest BCUT2D eigenvalue weighted by Crippen LogP contribution is 2.36. The number of carbonyl (C=O) groups is 1. The van der Waals surface area contributed by atoms with Crippen LogP contribution in [0.15, 0.2) is 42.0 Å². The average Bonchev–Trinajstić information content (AvgIpc) is 2.86. The summed E-state index contributed by atoms with van der Waals surface area (Å²) >= 11 is 0. The summed E-state index contributed by atoms with van der Waals surface area (Å²) in [7, 11) is 0. The highest BCUT2D eigenvalue weighted by molar-refractivity contribution is 5.85. The number of ether oxygens (including phenoxy) is 1. The molecule has 0 radical (unpaired) electrons. The van der Waals surface area contributed by atoms with Crippen LogP contribution in [0.1, 0.15) is 37.5 Å². The minimum absolute atomic E-state index is 0.0131. The predicted octanol–water partition coefficient (Wildman–Crippen LogP) is 4.17. The molecule has 0 amide bonds. The Hall–Kier alpha value is -2.29. The van der Waals surface area contributed by atoms with Crippen LogP contribution >= 0.6 is 0 Å². The third-order valence-corrected chi connectivity index (χ3v) is 3.63. The van der Waals surface area contributed by atoms with E-state index in [1.54, 1.807) is 6.08 Å². The molecule has 0 aromatic heterocycles. The van der Waals surface area contributed by atoms with Gasteiger partial charge >= 0.3 is 5.97 Å². The van der Waals surface area contributed by atoms with Crippen molar-refractivity contribution in [2.45, 2.75) is 39.7 Å². The maximum absolute atomic E-state index is 10.7. The smallest absolute Gasteiger partial charge is 0.328 e. The lowest BCUT2D eigenvalue weighted by Gasteiger charge is -2.12. The summed E-state index contributed by atoms with van der Waals surface area (Å²) in [6, 6.07) is 4.00. The number of carboxylic acid groups (broad SMARTS) is 1. The number of aliphatic carboxylic acids is 1. The third kappa shape index (κ3) is 3.88. The van der Waals surface area contributed by atoms with Crippen molar-refractivity contribution in [2.75, 3.05) is 0 Å². The van der Waals surface area contributed by atoms with Gasteiger partial charge in [0.1, 0.15) is 11.9 Å². The van der Waals surface area contributed by atoms with Gasteiger partial charge in [0.25, 0.3) is 0 Å². The van der Waals surface area contributed by atoms with Crippen LogP contribution in [0, 0.1) is 0 Å². The summed E-state index contributed by atoms with van der Waals surface area (Å²) in [5.41, 5.74) is 5.36. The number of allylic oxidation sites excluding steroid dienone is 2. The second kappa shape index (κ2) is 6.65. The first kappa shape index (κ1) is 16.1. The third-order valence-electron chi connectivity index (χ3n) is 3.63. The fourth-order valence-corrected chi connectivity index (χ4v) is 2.47. The maximum Gasteiger partial charge on any atom is 0.328 e. The summed E-state index contributed by atoms with van der Waals surface area (Å²) < 4.78 is 6.04. The number of hydrogen-bond acceptors (Lipinski definition) is 2. The van der Waals surface area contributed by atoms with Crippen LogP contribution in [0.4, 0.5) is 0 Å². The first-order valence-corrected chi connectivity index (χ1v) is 7.39. The molecular weight excluding hydrogens is 276 g/mol. The molecule has 0 spiro atoms. The Labute approximate surface area is 131 Å². The van der Waals surface area contributed by atoms with Crippen molar-refractivity contribution in [1.82, 2.24) is 0 Å². The summed E-state index contributed by atoms with van der Waals surface area (Å²) in [6.07, 6.45) is 6.53. The van der Waals surface area contributed by atoms with Crippen LogP contribution in [0.2, 0.25) is 0 Å². The molecule has 1 N–H and O–H groups in total. The second-order valence-corrected chi connectivity index (χ2v) is 5.98. The number of rotatable bonds is 5. The molecule has 1 unspecified atom stereocenters. The van der Waals surface area contributed by atoms with Crippen molar-refractivity contribution >= 4 is 12.0 Å². The molecule has 1 aliphatic heterocycles. The molecule has 1 heterocycles. The van der Waals surface area contributed by atoms with E-state index in [1.807, 2.05) is 19.1 Å². The standard InChI is InChI=1S/C19H22O3/c1-12(2)5-7-15-9-14(6-8-18(20)21)10-16-11-17(13(3)4)22-19(15)16/h5-6,8-10,17H,3,7,11H2,1-2,4H3,(H,20,21)/b8-6+. The van der Waals surface area contributed by atoms with Gasteiger partial charge in [0, 0.05) is 12.5 Å². The van der Waals surface area contributed by atoms with Crippen LogP contribution in [0.25, 0.3) is 6.08 Å². The molecule has 22 heavy (non-hydrogen) atoms. The van der Waals surface area contributed by atoms with E-state index in [0.717, 1.165) is 40.9 Å². The van der Waals surface area contributed by atoms with Gasteiger partial charge in [-0.2, -0.15) is 0 Å². The van der Waals surface area contributed by atoms with Gasteiger partial charge in [-0.3, -0.25) is 0 Å². The van der Waals surface area contributed by atoms with Gasteiger partial charge in [0.05, 0.1) is 0 Å². The van der Waals surface area contributed by atoms with E-state index in [2.05, 4.69) is 26.5 Å². The molecule has 116 valence electrons. The largest absolute Gasteiger partial charge is 0.485 e. The molecule has 3 nitrogen and oxygen atoms in total. The summed E-state index contributed by atoms with van der Waals surface area (Å²) in [4.78, 5) is 10.7. The van der Waals surface area contributed by atoms with E-state index in [0.29, 0.717) is 0 Å². The zero-order valence-electron chi connectivity index (χ0n) is 13.3. The summed E-state index contributed by atoms with van der Waals surface area (Å²) in [6.45, 7) is 10.1. The van der Waals surface area contributed by atoms with E-state index >= 15 is 0 Å². The fraction of sp³-hybridized carbons (Fsp3) is 0.316. The molecule has 3 heteroatoms. The molecule has 0 aliphatic carbocycles. The van der Waals surface area contributed by atoms with Crippen LogP contribution in [0.3, 0.4) is 0 Å². The van der Waals surface area contributed by atoms with Crippen LogP contribution < -0.4 is 4.74 Å². The average molecular weight is 298 g/mol. The molecule has 1 aromatic carbocycles. The van der Waals surface area contributed by atoms with E-state index in [4.69, 9.17) is 9.84 Å². The molecular formula is C19H22O3. The van der Waals surface area contributed by atoms with Gasteiger partial charge in [-0.15, -0.1) is 0 Å². The minimum atomic E-state index is -0.942. The molecule has 2 rings (SSSR count). The molecule has 1 aromatic rings. The summed E-state index contributed by atoms with van der Waals surface area (Å²) in [5.74, 6) is -0.0135.